The van der Waals surface area contributed by atoms with Crippen LogP contribution in [0.2, 0.25) is 0 Å². The molecule has 0 spiro atoms. The van der Waals surface area contributed by atoms with E-state index in [2.05, 4.69) is 15.6 Å². The fourth-order valence-corrected chi connectivity index (χ4v) is 2.75. The number of benzene rings is 2. The van der Waals surface area contributed by atoms with Crippen LogP contribution >= 0.6 is 0 Å². The standard InChI is InChI=1S/C19H21FN4O2/c20-15-7-2-1-6-14(15)18(25)12-22-19(26)21-10-5-11-24-13-23-16-8-3-4-9-17(16)24/h1-4,6-9,13,18,25H,5,10-12H2,(H2,21,22,26)/t18-/m1/s1. The van der Waals surface area contributed by atoms with Crippen LogP contribution < -0.4 is 10.6 Å². The van der Waals surface area contributed by atoms with Crippen molar-refractivity contribution in [2.45, 2.75) is 19.1 Å². The fraction of sp³-hybridized carbons (Fsp3) is 0.263. The van der Waals surface area contributed by atoms with E-state index in [1.54, 1.807) is 18.5 Å². The third kappa shape index (κ3) is 4.37. The van der Waals surface area contributed by atoms with Crippen LogP contribution in [0.3, 0.4) is 0 Å². The number of hydrogen-bond acceptors (Lipinski definition) is 3. The summed E-state index contributed by atoms with van der Waals surface area (Å²) >= 11 is 0. The summed E-state index contributed by atoms with van der Waals surface area (Å²) in [5.74, 6) is -0.491. The van der Waals surface area contributed by atoms with Crippen molar-refractivity contribution >= 4 is 17.1 Å². The number of halogens is 1. The molecule has 1 aromatic heterocycles. The second kappa shape index (κ2) is 8.44. The topological polar surface area (TPSA) is 79.2 Å². The van der Waals surface area contributed by atoms with Crippen molar-refractivity contribution in [2.75, 3.05) is 13.1 Å². The predicted molar refractivity (Wildman–Crippen MR) is 97.1 cm³/mol. The molecule has 0 aliphatic heterocycles. The van der Waals surface area contributed by atoms with E-state index < -0.39 is 18.0 Å². The molecule has 136 valence electrons. The molecular formula is C19H21FN4O2. The van der Waals surface area contributed by atoms with Gasteiger partial charge in [-0.1, -0.05) is 30.3 Å². The Morgan fingerprint density at radius 3 is 2.77 bits per heavy atom. The largest absolute Gasteiger partial charge is 0.386 e. The molecule has 0 radical (unpaired) electrons. The molecule has 6 nitrogen and oxygen atoms in total. The highest BCUT2D eigenvalue weighted by atomic mass is 19.1. The number of fused-ring (bicyclic) bond motifs is 1. The number of rotatable bonds is 7. The van der Waals surface area contributed by atoms with E-state index in [1.165, 1.54) is 12.1 Å². The molecule has 3 aromatic rings. The average molecular weight is 356 g/mol. The number of carbonyl (C=O) groups is 1. The number of aliphatic hydroxyl groups excluding tert-OH is 1. The molecule has 0 unspecified atom stereocenters. The number of aryl methyl sites for hydroxylation is 1. The summed E-state index contributed by atoms with van der Waals surface area (Å²) in [4.78, 5) is 16.1. The van der Waals surface area contributed by atoms with Gasteiger partial charge in [-0.05, 0) is 24.6 Å². The Kier molecular flexibility index (Phi) is 5.80. The molecule has 1 atom stereocenters. The van der Waals surface area contributed by atoms with Crippen LogP contribution in [0.5, 0.6) is 0 Å². The summed E-state index contributed by atoms with van der Waals surface area (Å²) in [5, 5.41) is 15.2. The fourth-order valence-electron chi connectivity index (χ4n) is 2.75. The van der Waals surface area contributed by atoms with Crippen LogP contribution in [0.4, 0.5) is 9.18 Å². The summed E-state index contributed by atoms with van der Waals surface area (Å²) in [7, 11) is 0. The van der Waals surface area contributed by atoms with Gasteiger partial charge < -0.3 is 20.3 Å². The molecule has 0 aliphatic rings. The van der Waals surface area contributed by atoms with Gasteiger partial charge in [0.15, 0.2) is 0 Å². The van der Waals surface area contributed by atoms with Gasteiger partial charge in [0.2, 0.25) is 0 Å². The van der Waals surface area contributed by atoms with Crippen molar-refractivity contribution in [3.8, 4) is 0 Å². The van der Waals surface area contributed by atoms with Gasteiger partial charge in [0, 0.05) is 25.2 Å². The SMILES string of the molecule is O=C(NCCCn1cnc2ccccc21)NC[C@@H](O)c1ccccc1F. The lowest BCUT2D eigenvalue weighted by molar-refractivity contribution is 0.169. The Hall–Kier alpha value is -2.93. The van der Waals surface area contributed by atoms with Gasteiger partial charge in [-0.15, -0.1) is 0 Å². The molecular weight excluding hydrogens is 335 g/mol. The molecule has 3 rings (SSSR count). The molecule has 0 saturated heterocycles. The number of hydrogen-bond donors (Lipinski definition) is 3. The number of nitrogens with one attached hydrogen (secondary N) is 2. The third-order valence-electron chi connectivity index (χ3n) is 4.11. The lowest BCUT2D eigenvalue weighted by Crippen LogP contribution is -2.38. The Balaban J connectivity index is 1.38. The minimum absolute atomic E-state index is 0.0566. The highest BCUT2D eigenvalue weighted by Gasteiger charge is 2.13. The molecule has 26 heavy (non-hydrogen) atoms. The molecule has 1 heterocycles. The smallest absolute Gasteiger partial charge is 0.314 e. The first-order valence-electron chi connectivity index (χ1n) is 8.49. The van der Waals surface area contributed by atoms with Crippen molar-refractivity contribution in [3.05, 3.63) is 66.2 Å². The number of para-hydroxylation sites is 2. The molecule has 0 fully saturated rings. The van der Waals surface area contributed by atoms with Gasteiger partial charge in [-0.3, -0.25) is 0 Å². The number of amides is 2. The molecule has 3 N–H and O–H groups in total. The summed E-state index contributed by atoms with van der Waals surface area (Å²) in [6, 6.07) is 13.4. The van der Waals surface area contributed by atoms with Crippen molar-refractivity contribution in [1.29, 1.82) is 0 Å². The summed E-state index contributed by atoms with van der Waals surface area (Å²) < 4.78 is 15.6. The van der Waals surface area contributed by atoms with Crippen LogP contribution in [0.15, 0.2) is 54.9 Å². The predicted octanol–water partition coefficient (Wildman–Crippen LogP) is 2.60. The maximum absolute atomic E-state index is 13.6. The van der Waals surface area contributed by atoms with E-state index in [9.17, 15) is 14.3 Å². The van der Waals surface area contributed by atoms with Crippen molar-refractivity contribution < 1.29 is 14.3 Å². The highest BCUT2D eigenvalue weighted by Crippen LogP contribution is 2.15. The van der Waals surface area contributed by atoms with E-state index in [4.69, 9.17) is 0 Å². The molecule has 7 heteroatoms. The number of imidazole rings is 1. The van der Waals surface area contributed by atoms with E-state index in [-0.39, 0.29) is 12.1 Å². The Morgan fingerprint density at radius 1 is 1.15 bits per heavy atom. The van der Waals surface area contributed by atoms with E-state index in [0.717, 1.165) is 24.0 Å². The maximum atomic E-state index is 13.6. The van der Waals surface area contributed by atoms with Crippen molar-refractivity contribution in [1.82, 2.24) is 20.2 Å². The van der Waals surface area contributed by atoms with Crippen LogP contribution in [0, 0.1) is 5.82 Å². The van der Waals surface area contributed by atoms with Gasteiger partial charge >= 0.3 is 6.03 Å². The first-order valence-corrected chi connectivity index (χ1v) is 8.49. The van der Waals surface area contributed by atoms with Crippen LogP contribution in [0.25, 0.3) is 11.0 Å². The van der Waals surface area contributed by atoms with E-state index >= 15 is 0 Å². The lowest BCUT2D eigenvalue weighted by Gasteiger charge is -2.13. The minimum atomic E-state index is -1.08. The molecule has 0 saturated carbocycles. The number of aromatic nitrogens is 2. The second-order valence-corrected chi connectivity index (χ2v) is 5.95. The summed E-state index contributed by atoms with van der Waals surface area (Å²) in [5.41, 5.74) is 2.17. The third-order valence-corrected chi connectivity index (χ3v) is 4.11. The summed E-state index contributed by atoms with van der Waals surface area (Å²) in [6.45, 7) is 1.16. The van der Waals surface area contributed by atoms with Gasteiger partial charge in [-0.25, -0.2) is 14.2 Å². The molecule has 2 aromatic carbocycles. The van der Waals surface area contributed by atoms with Gasteiger partial charge in [0.25, 0.3) is 0 Å². The molecule has 2 amide bonds. The van der Waals surface area contributed by atoms with Crippen molar-refractivity contribution in [2.24, 2.45) is 0 Å². The maximum Gasteiger partial charge on any atom is 0.314 e. The minimum Gasteiger partial charge on any atom is -0.386 e. The van der Waals surface area contributed by atoms with Crippen LogP contribution in [-0.4, -0.2) is 33.8 Å². The number of urea groups is 1. The lowest BCUT2D eigenvalue weighted by atomic mass is 10.1. The zero-order chi connectivity index (χ0) is 18.4. The Morgan fingerprint density at radius 2 is 1.92 bits per heavy atom. The van der Waals surface area contributed by atoms with Gasteiger partial charge in [0.05, 0.1) is 23.5 Å². The van der Waals surface area contributed by atoms with Gasteiger partial charge in [0.1, 0.15) is 5.82 Å². The Labute approximate surface area is 150 Å². The first kappa shape index (κ1) is 17.9. The van der Waals surface area contributed by atoms with E-state index in [0.29, 0.717) is 6.54 Å². The quantitative estimate of drug-likeness (QED) is 0.569. The highest BCUT2D eigenvalue weighted by molar-refractivity contribution is 5.75. The normalized spacial score (nSPS) is 12.1. The monoisotopic (exact) mass is 356 g/mol. The molecule has 0 bridgehead atoms. The first-order chi connectivity index (χ1) is 12.6. The average Bonchev–Trinajstić information content (AvgIpc) is 3.07. The second-order valence-electron chi connectivity index (χ2n) is 5.95. The number of nitrogens with zero attached hydrogens (tertiary/aromatic N) is 2. The zero-order valence-electron chi connectivity index (χ0n) is 14.2. The number of aliphatic hydroxyl groups is 1. The van der Waals surface area contributed by atoms with Crippen LogP contribution in [0.1, 0.15) is 18.1 Å². The number of carbonyl (C=O) groups excluding carboxylic acids is 1. The van der Waals surface area contributed by atoms with E-state index in [1.807, 2.05) is 28.8 Å². The molecule has 0 aliphatic carbocycles. The Bertz CT molecular complexity index is 881. The van der Waals surface area contributed by atoms with Crippen LogP contribution in [-0.2, 0) is 6.54 Å². The van der Waals surface area contributed by atoms with Crippen molar-refractivity contribution in [3.63, 3.8) is 0 Å². The van der Waals surface area contributed by atoms with Gasteiger partial charge in [-0.2, -0.15) is 0 Å². The summed E-state index contributed by atoms with van der Waals surface area (Å²) in [6.07, 6.45) is 1.44. The zero-order valence-corrected chi connectivity index (χ0v) is 14.2.